The van der Waals surface area contributed by atoms with Crippen LogP contribution in [0.4, 0.5) is 0 Å². The molecule has 1 aromatic rings. The Morgan fingerprint density at radius 2 is 1.61 bits per heavy atom. The van der Waals surface area contributed by atoms with Crippen molar-refractivity contribution in [3.63, 3.8) is 0 Å². The van der Waals surface area contributed by atoms with E-state index in [9.17, 15) is 14.2 Å². The van der Waals surface area contributed by atoms with Crippen LogP contribution in [0.5, 0.6) is 0 Å². The van der Waals surface area contributed by atoms with E-state index in [1.165, 1.54) is 12.2 Å². The first-order chi connectivity index (χ1) is 11.0. The zero-order valence-electron chi connectivity index (χ0n) is 13.1. The third-order valence-corrected chi connectivity index (χ3v) is 4.89. The van der Waals surface area contributed by atoms with E-state index in [1.54, 1.807) is 32.0 Å². The van der Waals surface area contributed by atoms with Gasteiger partial charge in [0.25, 0.3) is 0 Å². The first-order valence-electron chi connectivity index (χ1n) is 7.43. The fourth-order valence-corrected chi connectivity index (χ4v) is 3.50. The highest BCUT2D eigenvalue weighted by molar-refractivity contribution is 7.48. The van der Waals surface area contributed by atoms with Crippen LogP contribution in [0.2, 0.25) is 0 Å². The maximum absolute atomic E-state index is 12.2. The highest BCUT2D eigenvalue weighted by Crippen LogP contribution is 2.49. The standard InChI is InChI=1S/C16H19O6P/c1-3-20-23(19,21-4-2)22-11-10-12-6-5-7-13-14(17)8-9-15(18)16(12)13/h5-9H,3-4,10-11H2,1-2H3. The van der Waals surface area contributed by atoms with Crippen LogP contribution in [0.1, 0.15) is 40.1 Å². The molecule has 0 aliphatic heterocycles. The van der Waals surface area contributed by atoms with E-state index in [1.807, 2.05) is 0 Å². The molecule has 7 heteroatoms. The topological polar surface area (TPSA) is 78.9 Å². The summed E-state index contributed by atoms with van der Waals surface area (Å²) in [4.78, 5) is 23.9. The highest BCUT2D eigenvalue weighted by Gasteiger charge is 2.26. The molecule has 0 aromatic heterocycles. The first-order valence-corrected chi connectivity index (χ1v) is 8.89. The second-order valence-corrected chi connectivity index (χ2v) is 6.44. The zero-order valence-corrected chi connectivity index (χ0v) is 14.0. The van der Waals surface area contributed by atoms with Crippen molar-refractivity contribution >= 4 is 19.4 Å². The number of carbonyl (C=O) groups excluding carboxylic acids is 2. The Bertz CT molecular complexity index is 669. The van der Waals surface area contributed by atoms with Gasteiger partial charge < -0.3 is 0 Å². The number of rotatable bonds is 8. The largest absolute Gasteiger partial charge is 0.474 e. The second kappa shape index (κ2) is 7.79. The van der Waals surface area contributed by atoms with E-state index in [0.29, 0.717) is 23.1 Å². The van der Waals surface area contributed by atoms with Gasteiger partial charge in [-0.25, -0.2) is 4.57 Å². The Kier molecular flexibility index (Phi) is 6.02. The van der Waals surface area contributed by atoms with Crippen LogP contribution < -0.4 is 0 Å². The molecule has 23 heavy (non-hydrogen) atoms. The maximum atomic E-state index is 12.2. The van der Waals surface area contributed by atoms with Gasteiger partial charge in [0.2, 0.25) is 0 Å². The average Bonchev–Trinajstić information content (AvgIpc) is 2.51. The fraction of sp³-hybridized carbons (Fsp3) is 0.375. The minimum atomic E-state index is -3.58. The highest BCUT2D eigenvalue weighted by atomic mass is 31.2. The summed E-state index contributed by atoms with van der Waals surface area (Å²) in [5.74, 6) is -0.412. The van der Waals surface area contributed by atoms with Gasteiger partial charge in [0.05, 0.1) is 19.8 Å². The molecular weight excluding hydrogens is 319 g/mol. The lowest BCUT2D eigenvalue weighted by atomic mass is 9.89. The summed E-state index contributed by atoms with van der Waals surface area (Å²) >= 11 is 0. The van der Waals surface area contributed by atoms with Gasteiger partial charge in [-0.3, -0.25) is 23.2 Å². The maximum Gasteiger partial charge on any atom is 0.474 e. The van der Waals surface area contributed by atoms with Crippen LogP contribution in [0.15, 0.2) is 30.4 Å². The van der Waals surface area contributed by atoms with Crippen molar-refractivity contribution in [2.45, 2.75) is 20.3 Å². The first kappa shape index (κ1) is 17.8. The number of carbonyl (C=O) groups is 2. The molecule has 0 saturated carbocycles. The van der Waals surface area contributed by atoms with E-state index in [2.05, 4.69) is 0 Å². The number of phosphoric ester groups is 1. The molecule has 0 amide bonds. The van der Waals surface area contributed by atoms with Crippen LogP contribution in [0.25, 0.3) is 0 Å². The quantitative estimate of drug-likeness (QED) is 0.676. The smallest absolute Gasteiger partial charge is 0.289 e. The zero-order chi connectivity index (χ0) is 16.9. The van der Waals surface area contributed by atoms with Crippen LogP contribution in [0, 0.1) is 0 Å². The average molecular weight is 338 g/mol. The Hall–Kier alpha value is -1.59. The number of hydrogen-bond donors (Lipinski definition) is 0. The second-order valence-electron chi connectivity index (χ2n) is 4.77. The molecule has 0 unspecified atom stereocenters. The minimum absolute atomic E-state index is 0.0545. The van der Waals surface area contributed by atoms with Crippen molar-refractivity contribution in [3.8, 4) is 0 Å². The van der Waals surface area contributed by atoms with E-state index < -0.39 is 7.82 Å². The van der Waals surface area contributed by atoms with Gasteiger partial charge in [0, 0.05) is 11.1 Å². The predicted octanol–water partition coefficient (Wildman–Crippen LogP) is 3.36. The number of fused-ring (bicyclic) bond motifs is 1. The lowest BCUT2D eigenvalue weighted by Crippen LogP contribution is -2.15. The monoisotopic (exact) mass is 338 g/mol. The van der Waals surface area contributed by atoms with Crippen LogP contribution in [0.3, 0.4) is 0 Å². The van der Waals surface area contributed by atoms with E-state index >= 15 is 0 Å². The van der Waals surface area contributed by atoms with Gasteiger partial charge in [-0.1, -0.05) is 18.2 Å². The third kappa shape index (κ3) is 4.24. The molecule has 6 nitrogen and oxygen atoms in total. The van der Waals surface area contributed by atoms with Gasteiger partial charge in [-0.05, 0) is 38.0 Å². The summed E-state index contributed by atoms with van der Waals surface area (Å²) in [7, 11) is -3.58. The molecule has 0 N–H and O–H groups in total. The number of ketones is 2. The SMILES string of the molecule is CCOP(=O)(OCC)OCCc1cccc2c1C(=O)C=CC2=O. The molecular formula is C16H19O6P. The van der Waals surface area contributed by atoms with Crippen molar-refractivity contribution in [1.29, 1.82) is 0 Å². The van der Waals surface area contributed by atoms with Gasteiger partial charge in [0.15, 0.2) is 11.6 Å². The summed E-state index contributed by atoms with van der Waals surface area (Å²) in [6, 6.07) is 5.08. The lowest BCUT2D eigenvalue weighted by Gasteiger charge is -2.17. The molecule has 0 heterocycles. The molecule has 124 valence electrons. The molecule has 2 rings (SSSR count). The Morgan fingerprint density at radius 1 is 0.957 bits per heavy atom. The minimum Gasteiger partial charge on any atom is -0.289 e. The van der Waals surface area contributed by atoms with E-state index in [0.717, 1.165) is 0 Å². The normalized spacial score (nSPS) is 14.2. The predicted molar refractivity (Wildman–Crippen MR) is 84.8 cm³/mol. The van der Waals surface area contributed by atoms with Crippen LogP contribution in [-0.4, -0.2) is 31.4 Å². The number of phosphoric acid groups is 1. The van der Waals surface area contributed by atoms with Crippen LogP contribution in [-0.2, 0) is 24.6 Å². The van der Waals surface area contributed by atoms with Crippen molar-refractivity contribution < 1.29 is 27.7 Å². The van der Waals surface area contributed by atoms with Gasteiger partial charge in [0.1, 0.15) is 0 Å². The summed E-state index contributed by atoms with van der Waals surface area (Å²) in [6.45, 7) is 3.85. The summed E-state index contributed by atoms with van der Waals surface area (Å²) < 4.78 is 27.5. The number of allylic oxidation sites excluding steroid dienone is 2. The van der Waals surface area contributed by atoms with E-state index in [4.69, 9.17) is 13.6 Å². The van der Waals surface area contributed by atoms with Crippen LogP contribution >= 0.6 is 7.82 Å². The summed E-state index contributed by atoms with van der Waals surface area (Å²) in [6.07, 6.45) is 2.85. The van der Waals surface area contributed by atoms with Crippen molar-refractivity contribution in [1.82, 2.24) is 0 Å². The number of hydrogen-bond acceptors (Lipinski definition) is 6. The summed E-state index contributed by atoms with van der Waals surface area (Å²) in [5.41, 5.74) is 1.43. The third-order valence-electron chi connectivity index (χ3n) is 3.24. The molecule has 1 aromatic carbocycles. The molecule has 0 fully saturated rings. The fourth-order valence-electron chi connectivity index (χ4n) is 2.32. The Morgan fingerprint density at radius 3 is 2.26 bits per heavy atom. The molecule has 0 radical (unpaired) electrons. The Labute approximate surface area is 135 Å². The molecule has 0 bridgehead atoms. The Balaban J connectivity index is 2.11. The molecule has 1 aliphatic rings. The molecule has 1 aliphatic carbocycles. The molecule has 0 saturated heterocycles. The lowest BCUT2D eigenvalue weighted by molar-refractivity contribution is 0.0992. The number of benzene rings is 1. The van der Waals surface area contributed by atoms with Gasteiger partial charge in [-0.2, -0.15) is 0 Å². The summed E-state index contributed by atoms with van der Waals surface area (Å²) in [5, 5.41) is 0. The van der Waals surface area contributed by atoms with Gasteiger partial charge >= 0.3 is 7.82 Å². The van der Waals surface area contributed by atoms with E-state index in [-0.39, 0.29) is 31.4 Å². The molecule has 0 spiro atoms. The molecule has 0 atom stereocenters. The van der Waals surface area contributed by atoms with Crippen molar-refractivity contribution in [3.05, 3.63) is 47.0 Å². The van der Waals surface area contributed by atoms with Crippen molar-refractivity contribution in [2.75, 3.05) is 19.8 Å². The van der Waals surface area contributed by atoms with Crippen molar-refractivity contribution in [2.24, 2.45) is 0 Å². The van der Waals surface area contributed by atoms with Gasteiger partial charge in [-0.15, -0.1) is 0 Å².